The Bertz CT molecular complexity index is 1340. The van der Waals surface area contributed by atoms with Crippen LogP contribution in [0.2, 0.25) is 5.02 Å². The van der Waals surface area contributed by atoms with Crippen molar-refractivity contribution in [2.75, 3.05) is 0 Å². The van der Waals surface area contributed by atoms with E-state index < -0.39 is 4.92 Å². The average Bonchev–Trinajstić information content (AvgIpc) is 3.38. The number of fused-ring (bicyclic) bond motifs is 2. The van der Waals surface area contributed by atoms with E-state index in [1.807, 2.05) is 12.1 Å². The van der Waals surface area contributed by atoms with Crippen LogP contribution in [0.25, 0.3) is 21.9 Å². The van der Waals surface area contributed by atoms with Crippen molar-refractivity contribution in [3.05, 3.63) is 94.4 Å². The third kappa shape index (κ3) is 4.21. The molecule has 1 N–H and O–H groups in total. The second-order valence-electron chi connectivity index (χ2n) is 6.24. The Kier molecular flexibility index (Phi) is 5.28. The van der Waals surface area contributed by atoms with E-state index in [0.717, 1.165) is 21.9 Å². The number of rotatable bonds is 3. The minimum atomic E-state index is -0.507. The highest BCUT2D eigenvalue weighted by molar-refractivity contribution is 6.32. The molecule has 5 aromatic rings. The topological polar surface area (TPSA) is 98.9 Å². The Morgan fingerprint density at radius 1 is 0.867 bits per heavy atom. The first kappa shape index (κ1) is 19.4. The number of ether oxygens (including phenoxy) is 1. The van der Waals surface area contributed by atoms with E-state index in [0.29, 0.717) is 11.5 Å². The zero-order valence-corrected chi connectivity index (χ0v) is 16.1. The lowest BCUT2D eigenvalue weighted by Gasteiger charge is -2.07. The third-order valence-corrected chi connectivity index (χ3v) is 4.51. The van der Waals surface area contributed by atoms with Crippen LogP contribution in [0.1, 0.15) is 0 Å². The zero-order valence-electron chi connectivity index (χ0n) is 15.3. The summed E-state index contributed by atoms with van der Waals surface area (Å²) in [7, 11) is 0. The highest BCUT2D eigenvalue weighted by Gasteiger charge is 2.11. The molecule has 150 valence electrons. The molecular weight excluding hydrogens is 410 g/mol. The fourth-order valence-electron chi connectivity index (χ4n) is 2.78. The zero-order chi connectivity index (χ0) is 21.1. The SMILES string of the molecule is O=[N+]([O-])c1ccc(Oc2ccc3occc3c2)c(Cl)c1.Oc1ccc2occc2c1. The van der Waals surface area contributed by atoms with E-state index in [9.17, 15) is 10.1 Å². The van der Waals surface area contributed by atoms with Crippen molar-refractivity contribution in [2.45, 2.75) is 0 Å². The van der Waals surface area contributed by atoms with Crippen LogP contribution in [0.4, 0.5) is 5.69 Å². The maximum atomic E-state index is 10.6. The Balaban J connectivity index is 0.000000181. The molecule has 0 fully saturated rings. The Morgan fingerprint density at radius 2 is 1.53 bits per heavy atom. The molecule has 5 rings (SSSR count). The molecule has 0 spiro atoms. The van der Waals surface area contributed by atoms with Gasteiger partial charge in [0, 0.05) is 22.9 Å². The molecule has 0 aliphatic rings. The lowest BCUT2D eigenvalue weighted by Crippen LogP contribution is -1.90. The molecule has 30 heavy (non-hydrogen) atoms. The molecule has 0 radical (unpaired) electrons. The van der Waals surface area contributed by atoms with Crippen LogP contribution in [-0.4, -0.2) is 10.0 Å². The number of nitrogens with zero attached hydrogens (tertiary/aromatic N) is 1. The number of nitro groups is 1. The van der Waals surface area contributed by atoms with Crippen molar-refractivity contribution in [1.29, 1.82) is 0 Å². The van der Waals surface area contributed by atoms with Gasteiger partial charge in [0.15, 0.2) is 0 Å². The molecule has 0 aliphatic heterocycles. The maximum absolute atomic E-state index is 10.6. The standard InChI is InChI=1S/C14H8ClNO4.C8H6O2/c15-12-8-10(16(17)18)1-3-14(12)20-11-2-4-13-9(7-11)5-6-19-13;9-7-1-2-8-6(5-7)3-4-10-8/h1-8H;1-5,9H. The Hall–Kier alpha value is -3.97. The first-order valence-corrected chi connectivity index (χ1v) is 9.13. The third-order valence-electron chi connectivity index (χ3n) is 4.21. The summed E-state index contributed by atoms with van der Waals surface area (Å²) in [5.41, 5.74) is 1.48. The summed E-state index contributed by atoms with van der Waals surface area (Å²) in [6.45, 7) is 0. The van der Waals surface area contributed by atoms with Gasteiger partial charge in [-0.2, -0.15) is 0 Å². The summed E-state index contributed by atoms with van der Waals surface area (Å²) < 4.78 is 15.9. The van der Waals surface area contributed by atoms with E-state index in [1.165, 1.54) is 18.2 Å². The van der Waals surface area contributed by atoms with Gasteiger partial charge in [-0.15, -0.1) is 0 Å². The van der Waals surface area contributed by atoms with Gasteiger partial charge in [-0.05, 0) is 54.6 Å². The lowest BCUT2D eigenvalue weighted by molar-refractivity contribution is -0.384. The Morgan fingerprint density at radius 3 is 2.20 bits per heavy atom. The van der Waals surface area contributed by atoms with Crippen molar-refractivity contribution in [2.24, 2.45) is 0 Å². The molecule has 8 heteroatoms. The summed E-state index contributed by atoms with van der Waals surface area (Å²) in [4.78, 5) is 10.1. The van der Waals surface area contributed by atoms with Gasteiger partial charge < -0.3 is 18.7 Å². The average molecular weight is 424 g/mol. The number of phenols is 1. The molecule has 3 aromatic carbocycles. The van der Waals surface area contributed by atoms with Crippen LogP contribution in [0.3, 0.4) is 0 Å². The van der Waals surface area contributed by atoms with E-state index >= 15 is 0 Å². The summed E-state index contributed by atoms with van der Waals surface area (Å²) in [5, 5.41) is 21.7. The number of nitro benzene ring substituents is 1. The monoisotopic (exact) mass is 423 g/mol. The fourth-order valence-corrected chi connectivity index (χ4v) is 2.99. The second-order valence-corrected chi connectivity index (χ2v) is 6.64. The van der Waals surface area contributed by atoms with Gasteiger partial charge >= 0.3 is 0 Å². The van der Waals surface area contributed by atoms with Gasteiger partial charge in [0.2, 0.25) is 0 Å². The normalized spacial score (nSPS) is 10.6. The van der Waals surface area contributed by atoms with Gasteiger partial charge in [-0.25, -0.2) is 0 Å². The number of hydrogen-bond donors (Lipinski definition) is 1. The van der Waals surface area contributed by atoms with Crippen molar-refractivity contribution in [3.8, 4) is 17.2 Å². The number of phenolic OH excluding ortho intramolecular Hbond substituents is 1. The summed E-state index contributed by atoms with van der Waals surface area (Å²) >= 11 is 5.97. The first-order chi connectivity index (χ1) is 14.5. The van der Waals surface area contributed by atoms with E-state index in [-0.39, 0.29) is 16.5 Å². The first-order valence-electron chi connectivity index (χ1n) is 8.75. The maximum Gasteiger partial charge on any atom is 0.271 e. The van der Waals surface area contributed by atoms with E-state index in [2.05, 4.69) is 0 Å². The summed E-state index contributed by atoms with van der Waals surface area (Å²) in [6, 6.07) is 18.0. The summed E-state index contributed by atoms with van der Waals surface area (Å²) in [5.74, 6) is 1.21. The van der Waals surface area contributed by atoms with Crippen molar-refractivity contribution < 1.29 is 23.6 Å². The molecular formula is C22H14ClNO6. The van der Waals surface area contributed by atoms with Gasteiger partial charge in [0.05, 0.1) is 22.5 Å². The highest BCUT2D eigenvalue weighted by atomic mass is 35.5. The minimum Gasteiger partial charge on any atom is -0.508 e. The predicted octanol–water partition coefficient (Wildman–Crippen LogP) is 6.93. The molecule has 0 bridgehead atoms. The van der Waals surface area contributed by atoms with Crippen molar-refractivity contribution in [3.63, 3.8) is 0 Å². The molecule has 7 nitrogen and oxygen atoms in total. The second kappa shape index (κ2) is 8.18. The van der Waals surface area contributed by atoms with Crippen LogP contribution in [0.15, 0.2) is 88.1 Å². The summed E-state index contributed by atoms with van der Waals surface area (Å²) in [6.07, 6.45) is 3.19. The molecule has 0 saturated heterocycles. The molecule has 2 heterocycles. The molecule has 0 atom stereocenters. The number of aromatic hydroxyl groups is 1. The smallest absolute Gasteiger partial charge is 0.271 e. The van der Waals surface area contributed by atoms with Crippen molar-refractivity contribution in [1.82, 2.24) is 0 Å². The van der Waals surface area contributed by atoms with E-state index in [4.69, 9.17) is 30.3 Å². The van der Waals surface area contributed by atoms with E-state index in [1.54, 1.807) is 48.9 Å². The lowest BCUT2D eigenvalue weighted by atomic mass is 10.2. The van der Waals surface area contributed by atoms with Gasteiger partial charge in [-0.1, -0.05) is 11.6 Å². The van der Waals surface area contributed by atoms with Gasteiger partial charge in [0.25, 0.3) is 5.69 Å². The fraction of sp³-hybridized carbons (Fsp3) is 0. The number of benzene rings is 3. The molecule has 0 unspecified atom stereocenters. The van der Waals surface area contributed by atoms with Crippen LogP contribution >= 0.6 is 11.6 Å². The number of hydrogen-bond acceptors (Lipinski definition) is 6. The van der Waals surface area contributed by atoms with Crippen LogP contribution in [0.5, 0.6) is 17.2 Å². The predicted molar refractivity (Wildman–Crippen MR) is 112 cm³/mol. The van der Waals surface area contributed by atoms with Crippen LogP contribution in [0, 0.1) is 10.1 Å². The molecule has 0 saturated carbocycles. The minimum absolute atomic E-state index is 0.0763. The number of halogens is 1. The Labute approximate surface area is 174 Å². The van der Waals surface area contributed by atoms with Crippen LogP contribution < -0.4 is 4.74 Å². The van der Waals surface area contributed by atoms with Crippen molar-refractivity contribution >= 4 is 39.2 Å². The molecule has 2 aromatic heterocycles. The van der Waals surface area contributed by atoms with Gasteiger partial charge in [0.1, 0.15) is 28.4 Å². The van der Waals surface area contributed by atoms with Crippen LogP contribution in [-0.2, 0) is 0 Å². The highest BCUT2D eigenvalue weighted by Crippen LogP contribution is 2.33. The quantitative estimate of drug-likeness (QED) is 0.249. The molecule has 0 aliphatic carbocycles. The number of furan rings is 2. The van der Waals surface area contributed by atoms with Gasteiger partial charge in [-0.3, -0.25) is 10.1 Å². The largest absolute Gasteiger partial charge is 0.508 e. The molecule has 0 amide bonds. The number of non-ortho nitro benzene ring substituents is 1.